The van der Waals surface area contributed by atoms with Gasteiger partial charge in [0.15, 0.2) is 5.11 Å². The van der Waals surface area contributed by atoms with Gasteiger partial charge in [0.05, 0.1) is 0 Å². The summed E-state index contributed by atoms with van der Waals surface area (Å²) >= 11 is 5.18. The van der Waals surface area contributed by atoms with Crippen molar-refractivity contribution in [2.45, 2.75) is 25.8 Å². The number of likely N-dealkylation sites (N-methyl/N-ethyl adjacent to an activating group) is 1. The van der Waals surface area contributed by atoms with E-state index in [1.165, 1.54) is 0 Å². The van der Waals surface area contributed by atoms with Crippen LogP contribution in [0, 0.1) is 0 Å². The fraction of sp³-hybridized carbons (Fsp3) is 0.909. The van der Waals surface area contributed by atoms with Gasteiger partial charge in [-0.3, -0.25) is 0 Å². The molecule has 0 aromatic rings. The Morgan fingerprint density at radius 2 is 1.94 bits per heavy atom. The quantitative estimate of drug-likeness (QED) is 0.515. The molecule has 0 saturated heterocycles. The molecular formula is C11H25N3OS. The third-order valence-electron chi connectivity index (χ3n) is 2.70. The number of rotatable bonds is 7. The van der Waals surface area contributed by atoms with Crippen molar-refractivity contribution in [3.8, 4) is 0 Å². The third-order valence-corrected chi connectivity index (χ3v) is 2.99. The summed E-state index contributed by atoms with van der Waals surface area (Å²) in [6.07, 6.45) is 0.968. The zero-order chi connectivity index (χ0) is 12.6. The van der Waals surface area contributed by atoms with E-state index in [2.05, 4.69) is 43.5 Å². The number of nitrogens with one attached hydrogen (secondary N) is 2. The number of methoxy groups -OCH3 is 1. The molecule has 0 fully saturated rings. The molecule has 96 valence electrons. The predicted molar refractivity (Wildman–Crippen MR) is 72.9 cm³/mol. The Morgan fingerprint density at radius 3 is 2.44 bits per heavy atom. The first-order valence-electron chi connectivity index (χ1n) is 5.58. The summed E-state index contributed by atoms with van der Waals surface area (Å²) in [6.45, 7) is 6.79. The summed E-state index contributed by atoms with van der Waals surface area (Å²) in [5.74, 6) is 0. The molecule has 16 heavy (non-hydrogen) atoms. The highest BCUT2D eigenvalue weighted by Crippen LogP contribution is 2.07. The molecule has 0 saturated carbocycles. The van der Waals surface area contributed by atoms with Crippen molar-refractivity contribution < 1.29 is 4.74 Å². The summed E-state index contributed by atoms with van der Waals surface area (Å²) in [7, 11) is 5.84. The molecule has 0 amide bonds. The van der Waals surface area contributed by atoms with Crippen LogP contribution >= 0.6 is 12.2 Å². The van der Waals surface area contributed by atoms with Gasteiger partial charge < -0.3 is 20.3 Å². The second-order valence-corrected chi connectivity index (χ2v) is 5.07. The lowest BCUT2D eigenvalue weighted by molar-refractivity contribution is 0.194. The molecule has 0 radical (unpaired) electrons. The van der Waals surface area contributed by atoms with E-state index in [4.69, 9.17) is 17.0 Å². The first-order chi connectivity index (χ1) is 7.40. The lowest BCUT2D eigenvalue weighted by Crippen LogP contribution is -2.50. The Balaban J connectivity index is 3.65. The van der Waals surface area contributed by atoms with Gasteiger partial charge in [-0.2, -0.15) is 0 Å². The third kappa shape index (κ3) is 6.98. The maximum atomic E-state index is 5.18. The highest BCUT2D eigenvalue weighted by atomic mass is 32.1. The van der Waals surface area contributed by atoms with E-state index in [0.717, 1.165) is 26.1 Å². The van der Waals surface area contributed by atoms with Crippen LogP contribution in [-0.2, 0) is 4.74 Å². The molecule has 5 heteroatoms. The van der Waals surface area contributed by atoms with E-state index in [-0.39, 0.29) is 5.54 Å². The molecule has 0 atom stereocenters. The van der Waals surface area contributed by atoms with Gasteiger partial charge in [0.25, 0.3) is 0 Å². The number of hydrogen-bond donors (Lipinski definition) is 2. The maximum absolute atomic E-state index is 5.18. The SMILES string of the molecule is COCCCNC(=S)NCC(C)(C)N(C)C. The summed E-state index contributed by atoms with van der Waals surface area (Å²) in [5, 5.41) is 7.08. The molecule has 0 bridgehead atoms. The molecule has 0 aromatic carbocycles. The first-order valence-corrected chi connectivity index (χ1v) is 5.99. The van der Waals surface area contributed by atoms with Crippen LogP contribution in [0.1, 0.15) is 20.3 Å². The smallest absolute Gasteiger partial charge is 0.166 e. The molecule has 0 unspecified atom stereocenters. The number of nitrogens with zero attached hydrogens (tertiary/aromatic N) is 1. The Labute approximate surface area is 105 Å². The fourth-order valence-electron chi connectivity index (χ4n) is 0.936. The van der Waals surface area contributed by atoms with Crippen molar-refractivity contribution in [3.05, 3.63) is 0 Å². The van der Waals surface area contributed by atoms with Crippen LogP contribution in [0.5, 0.6) is 0 Å². The van der Waals surface area contributed by atoms with Gasteiger partial charge in [-0.1, -0.05) is 0 Å². The first kappa shape index (κ1) is 15.6. The molecular weight excluding hydrogens is 222 g/mol. The topological polar surface area (TPSA) is 36.5 Å². The fourth-order valence-corrected chi connectivity index (χ4v) is 1.11. The molecule has 0 aliphatic carbocycles. The standard InChI is InChI=1S/C11H25N3OS/c1-11(2,14(3)4)9-13-10(16)12-7-6-8-15-5/h6-9H2,1-5H3,(H2,12,13,16). The van der Waals surface area contributed by atoms with Crippen molar-refractivity contribution in [2.75, 3.05) is 40.9 Å². The van der Waals surface area contributed by atoms with Gasteiger partial charge in [-0.05, 0) is 46.6 Å². The van der Waals surface area contributed by atoms with Crippen molar-refractivity contribution in [3.63, 3.8) is 0 Å². The summed E-state index contributed by atoms with van der Waals surface area (Å²) in [6, 6.07) is 0. The molecule has 0 heterocycles. The van der Waals surface area contributed by atoms with Gasteiger partial charge in [0, 0.05) is 32.3 Å². The molecule has 0 aromatic heterocycles. The zero-order valence-corrected chi connectivity index (χ0v) is 11.9. The second kappa shape index (κ2) is 7.81. The van der Waals surface area contributed by atoms with Crippen LogP contribution in [0.15, 0.2) is 0 Å². The van der Waals surface area contributed by atoms with Gasteiger partial charge >= 0.3 is 0 Å². The largest absolute Gasteiger partial charge is 0.385 e. The van der Waals surface area contributed by atoms with Crippen LogP contribution in [0.25, 0.3) is 0 Å². The van der Waals surface area contributed by atoms with Crippen LogP contribution in [0.4, 0.5) is 0 Å². The number of hydrogen-bond acceptors (Lipinski definition) is 3. The van der Waals surface area contributed by atoms with Crippen molar-refractivity contribution >= 4 is 17.3 Å². The van der Waals surface area contributed by atoms with Gasteiger partial charge in [-0.15, -0.1) is 0 Å². The van der Waals surface area contributed by atoms with Crippen molar-refractivity contribution in [1.29, 1.82) is 0 Å². The van der Waals surface area contributed by atoms with E-state index in [0.29, 0.717) is 5.11 Å². The monoisotopic (exact) mass is 247 g/mol. The molecule has 0 aliphatic heterocycles. The van der Waals surface area contributed by atoms with Gasteiger partial charge in [0.2, 0.25) is 0 Å². The van der Waals surface area contributed by atoms with E-state index >= 15 is 0 Å². The summed E-state index contributed by atoms with van der Waals surface area (Å²) in [5.41, 5.74) is 0.0955. The van der Waals surface area contributed by atoms with Crippen LogP contribution in [0.2, 0.25) is 0 Å². The van der Waals surface area contributed by atoms with E-state index in [1.807, 2.05) is 0 Å². The minimum atomic E-state index is 0.0955. The minimum Gasteiger partial charge on any atom is -0.385 e. The summed E-state index contributed by atoms with van der Waals surface area (Å²) < 4.78 is 4.96. The van der Waals surface area contributed by atoms with Crippen molar-refractivity contribution in [1.82, 2.24) is 15.5 Å². The highest BCUT2D eigenvalue weighted by molar-refractivity contribution is 7.80. The van der Waals surface area contributed by atoms with Gasteiger partial charge in [-0.25, -0.2) is 0 Å². The number of ether oxygens (including phenoxy) is 1. The minimum absolute atomic E-state index is 0.0955. The Bertz CT molecular complexity index is 207. The Hall–Kier alpha value is -0.390. The molecule has 4 nitrogen and oxygen atoms in total. The van der Waals surface area contributed by atoms with Crippen LogP contribution < -0.4 is 10.6 Å². The Kier molecular flexibility index (Phi) is 7.62. The van der Waals surface area contributed by atoms with Crippen molar-refractivity contribution in [2.24, 2.45) is 0 Å². The van der Waals surface area contributed by atoms with E-state index in [1.54, 1.807) is 7.11 Å². The molecule has 0 spiro atoms. The zero-order valence-electron chi connectivity index (χ0n) is 11.1. The molecule has 2 N–H and O–H groups in total. The lowest BCUT2D eigenvalue weighted by Gasteiger charge is -2.33. The number of thiocarbonyl (C=S) groups is 1. The maximum Gasteiger partial charge on any atom is 0.166 e. The average Bonchev–Trinajstić information content (AvgIpc) is 2.21. The molecule has 0 aliphatic rings. The predicted octanol–water partition coefficient (Wildman–Crippen LogP) is 0.827. The highest BCUT2D eigenvalue weighted by Gasteiger charge is 2.19. The van der Waals surface area contributed by atoms with E-state index in [9.17, 15) is 0 Å². The second-order valence-electron chi connectivity index (χ2n) is 4.66. The normalized spacial score (nSPS) is 11.6. The molecule has 0 rings (SSSR count). The summed E-state index contributed by atoms with van der Waals surface area (Å²) in [4.78, 5) is 2.17. The lowest BCUT2D eigenvalue weighted by atomic mass is 10.1. The Morgan fingerprint density at radius 1 is 1.31 bits per heavy atom. The van der Waals surface area contributed by atoms with Gasteiger partial charge in [0.1, 0.15) is 0 Å². The van der Waals surface area contributed by atoms with E-state index < -0.39 is 0 Å². The van der Waals surface area contributed by atoms with Crippen LogP contribution in [0.3, 0.4) is 0 Å². The van der Waals surface area contributed by atoms with Crippen LogP contribution in [-0.4, -0.2) is 56.5 Å². The average molecular weight is 247 g/mol.